The van der Waals surface area contributed by atoms with Crippen molar-refractivity contribution in [2.45, 2.75) is 50.2 Å². The molecule has 5 heterocycles. The lowest BCUT2D eigenvalue weighted by Gasteiger charge is -2.63. The van der Waals surface area contributed by atoms with Crippen molar-refractivity contribution in [3.05, 3.63) is 35.5 Å². The number of piperidine rings is 3. The van der Waals surface area contributed by atoms with E-state index in [1.165, 1.54) is 56.1 Å². The lowest BCUT2D eigenvalue weighted by Crippen LogP contribution is -2.67. The fourth-order valence-electron chi connectivity index (χ4n) is 6.91. The van der Waals surface area contributed by atoms with E-state index in [0.29, 0.717) is 6.04 Å². The number of likely N-dealkylation sites (tertiary alicyclic amines) is 1. The molecule has 5 aliphatic rings. The van der Waals surface area contributed by atoms with Gasteiger partial charge in [0.2, 0.25) is 0 Å². The minimum Gasteiger partial charge on any atom is -0.357 e. The van der Waals surface area contributed by atoms with Crippen molar-refractivity contribution in [2.24, 2.45) is 11.8 Å². The highest BCUT2D eigenvalue weighted by Gasteiger charge is 2.56. The predicted molar refractivity (Wildman–Crippen MR) is 97.1 cm³/mol. The summed E-state index contributed by atoms with van der Waals surface area (Å²) in [6.45, 7) is 2.57. The molecule has 1 aromatic heterocycles. The molecule has 1 saturated carbocycles. The molecule has 2 bridgehead atoms. The fraction of sp³-hybridized carbons (Fsp3) is 0.619. The highest BCUT2D eigenvalue weighted by molar-refractivity contribution is 5.85. The van der Waals surface area contributed by atoms with Crippen molar-refractivity contribution in [1.82, 2.24) is 14.8 Å². The molecule has 4 aliphatic heterocycles. The lowest BCUT2D eigenvalue weighted by atomic mass is 9.61. The van der Waals surface area contributed by atoms with Crippen LogP contribution in [-0.4, -0.2) is 47.0 Å². The van der Waals surface area contributed by atoms with Crippen LogP contribution in [0, 0.1) is 11.8 Å². The van der Waals surface area contributed by atoms with Crippen molar-refractivity contribution in [3.63, 3.8) is 0 Å². The largest absolute Gasteiger partial charge is 0.357 e. The number of hydrogen-bond acceptors (Lipinski definition) is 2. The number of fused-ring (bicyclic) bond motifs is 4. The minimum absolute atomic E-state index is 0.640. The fourth-order valence-corrected chi connectivity index (χ4v) is 6.91. The van der Waals surface area contributed by atoms with E-state index in [4.69, 9.17) is 0 Å². The molecule has 1 aromatic carbocycles. The van der Waals surface area contributed by atoms with Crippen LogP contribution in [0.2, 0.25) is 0 Å². The van der Waals surface area contributed by atoms with Crippen LogP contribution in [0.3, 0.4) is 0 Å². The SMILES string of the molecule is CN1CCC[C@H]2[C@H]1[C@@H]1CC[C@H]2N2CCc3c([nH]c4ccccc34)[C@@H]12. The number of hydrogen-bond donors (Lipinski definition) is 1. The highest BCUT2D eigenvalue weighted by atomic mass is 15.3. The van der Waals surface area contributed by atoms with E-state index in [0.717, 1.165) is 23.9 Å². The normalized spacial score (nSPS) is 38.8. The molecule has 1 aliphatic carbocycles. The Kier molecular flexibility index (Phi) is 2.82. The number of benzene rings is 1. The number of aromatic amines is 1. The van der Waals surface area contributed by atoms with Crippen molar-refractivity contribution in [3.8, 4) is 0 Å². The van der Waals surface area contributed by atoms with E-state index in [9.17, 15) is 0 Å². The quantitative estimate of drug-likeness (QED) is 0.801. The molecule has 5 atom stereocenters. The second-order valence-electron chi connectivity index (χ2n) is 8.58. The molecule has 2 aromatic rings. The van der Waals surface area contributed by atoms with E-state index in [1.807, 2.05) is 0 Å². The molecule has 24 heavy (non-hydrogen) atoms. The molecule has 3 heteroatoms. The van der Waals surface area contributed by atoms with E-state index in [1.54, 1.807) is 11.3 Å². The van der Waals surface area contributed by atoms with Crippen LogP contribution in [0.15, 0.2) is 24.3 Å². The Morgan fingerprint density at radius 1 is 1.04 bits per heavy atom. The first kappa shape index (κ1) is 13.9. The maximum absolute atomic E-state index is 3.85. The summed E-state index contributed by atoms with van der Waals surface area (Å²) >= 11 is 0. The topological polar surface area (TPSA) is 22.3 Å². The summed E-state index contributed by atoms with van der Waals surface area (Å²) in [5, 5.41) is 1.47. The lowest BCUT2D eigenvalue weighted by molar-refractivity contribution is -0.127. The first-order valence-electron chi connectivity index (χ1n) is 9.88. The van der Waals surface area contributed by atoms with E-state index >= 15 is 0 Å². The zero-order chi connectivity index (χ0) is 15.8. The number of para-hydroxylation sites is 1. The van der Waals surface area contributed by atoms with Crippen LogP contribution >= 0.6 is 0 Å². The summed E-state index contributed by atoms with van der Waals surface area (Å²) in [7, 11) is 2.39. The molecule has 0 unspecified atom stereocenters. The van der Waals surface area contributed by atoms with Crippen molar-refractivity contribution in [1.29, 1.82) is 0 Å². The Morgan fingerprint density at radius 3 is 2.92 bits per heavy atom. The van der Waals surface area contributed by atoms with Crippen LogP contribution in [0.5, 0.6) is 0 Å². The molecule has 3 saturated heterocycles. The molecule has 0 radical (unpaired) electrons. The average molecular weight is 321 g/mol. The maximum atomic E-state index is 3.85. The van der Waals surface area contributed by atoms with Crippen LogP contribution in [0.25, 0.3) is 10.9 Å². The van der Waals surface area contributed by atoms with Crippen molar-refractivity contribution >= 4 is 10.9 Å². The summed E-state index contributed by atoms with van der Waals surface area (Å²) < 4.78 is 0. The maximum Gasteiger partial charge on any atom is 0.0547 e. The molecule has 0 spiro atoms. The van der Waals surface area contributed by atoms with Gasteiger partial charge >= 0.3 is 0 Å². The van der Waals surface area contributed by atoms with Gasteiger partial charge in [-0.1, -0.05) is 18.2 Å². The Bertz CT molecular complexity index is 793. The van der Waals surface area contributed by atoms with Gasteiger partial charge in [0, 0.05) is 35.2 Å². The summed E-state index contributed by atoms with van der Waals surface area (Å²) in [5.41, 5.74) is 4.53. The summed E-state index contributed by atoms with van der Waals surface area (Å²) in [6, 6.07) is 11.2. The zero-order valence-electron chi connectivity index (χ0n) is 14.5. The van der Waals surface area contributed by atoms with E-state index in [2.05, 4.69) is 46.1 Å². The van der Waals surface area contributed by atoms with Crippen LogP contribution in [-0.2, 0) is 6.42 Å². The van der Waals surface area contributed by atoms with Gasteiger partial charge in [0.15, 0.2) is 0 Å². The van der Waals surface area contributed by atoms with Gasteiger partial charge in [0.1, 0.15) is 0 Å². The smallest absolute Gasteiger partial charge is 0.0547 e. The monoisotopic (exact) mass is 321 g/mol. The van der Waals surface area contributed by atoms with Gasteiger partial charge in [-0.05, 0) is 69.2 Å². The van der Waals surface area contributed by atoms with Crippen LogP contribution in [0.4, 0.5) is 0 Å². The molecule has 3 nitrogen and oxygen atoms in total. The summed E-state index contributed by atoms with van der Waals surface area (Å²) in [5.74, 6) is 1.74. The number of aromatic nitrogens is 1. The van der Waals surface area contributed by atoms with E-state index < -0.39 is 0 Å². The molecular weight excluding hydrogens is 294 g/mol. The Labute approximate surface area is 144 Å². The van der Waals surface area contributed by atoms with Crippen LogP contribution in [0.1, 0.15) is 43.0 Å². The van der Waals surface area contributed by atoms with Gasteiger partial charge in [-0.15, -0.1) is 0 Å². The second-order valence-corrected chi connectivity index (χ2v) is 8.58. The first-order chi connectivity index (χ1) is 11.8. The molecule has 126 valence electrons. The number of nitrogens with zero attached hydrogens (tertiary/aromatic N) is 2. The third-order valence-corrected chi connectivity index (χ3v) is 7.68. The Balaban J connectivity index is 1.50. The highest BCUT2D eigenvalue weighted by Crippen LogP contribution is 2.55. The average Bonchev–Trinajstić information content (AvgIpc) is 3.01. The Hall–Kier alpha value is -1.32. The molecule has 7 rings (SSSR count). The van der Waals surface area contributed by atoms with Gasteiger partial charge in [-0.2, -0.15) is 0 Å². The third-order valence-electron chi connectivity index (χ3n) is 7.68. The van der Waals surface area contributed by atoms with Gasteiger partial charge in [0.05, 0.1) is 6.04 Å². The van der Waals surface area contributed by atoms with Crippen molar-refractivity contribution in [2.75, 3.05) is 20.1 Å². The minimum atomic E-state index is 0.640. The molecule has 4 fully saturated rings. The van der Waals surface area contributed by atoms with Crippen molar-refractivity contribution < 1.29 is 0 Å². The van der Waals surface area contributed by atoms with Crippen LogP contribution < -0.4 is 0 Å². The van der Waals surface area contributed by atoms with Gasteiger partial charge in [-0.3, -0.25) is 4.90 Å². The Morgan fingerprint density at radius 2 is 1.96 bits per heavy atom. The number of rotatable bonds is 0. The second kappa shape index (κ2) is 4.86. The summed E-state index contributed by atoms with van der Waals surface area (Å²) in [6.07, 6.45) is 6.94. The predicted octanol–water partition coefficient (Wildman–Crippen LogP) is 3.57. The number of nitrogens with one attached hydrogen (secondary N) is 1. The third kappa shape index (κ3) is 1.65. The standard InChI is InChI=1S/C21H27N3/c1-23-11-4-6-15-18-9-8-16(20(15)23)21-19-14(10-12-24(18)21)13-5-2-3-7-17(13)22-19/h2-3,5,7,15-16,18,20-22H,4,6,8-12H2,1H3/t15-,16+,18-,20+,21-/m1/s1. The van der Waals surface area contributed by atoms with E-state index in [-0.39, 0.29) is 0 Å². The molecule has 0 amide bonds. The number of H-pyrrole nitrogens is 1. The molecular formula is C21H27N3. The molecule has 1 N–H and O–H groups in total. The zero-order valence-corrected chi connectivity index (χ0v) is 14.5. The van der Waals surface area contributed by atoms with Gasteiger partial charge in [0.25, 0.3) is 0 Å². The summed E-state index contributed by atoms with van der Waals surface area (Å²) in [4.78, 5) is 9.47. The van der Waals surface area contributed by atoms with Gasteiger partial charge < -0.3 is 9.88 Å². The first-order valence-corrected chi connectivity index (χ1v) is 9.88. The van der Waals surface area contributed by atoms with Gasteiger partial charge in [-0.25, -0.2) is 0 Å².